The van der Waals surface area contributed by atoms with Crippen LogP contribution in [0.5, 0.6) is 0 Å². The predicted octanol–water partition coefficient (Wildman–Crippen LogP) is 4.27. The second-order valence-corrected chi connectivity index (χ2v) is 11.5. The molecular formula is C16H26O3Si. The fraction of sp³-hybridized carbons (Fsp3) is 0.562. The highest BCUT2D eigenvalue weighted by Gasteiger charge is 2.37. The summed E-state index contributed by atoms with van der Waals surface area (Å²) in [6.07, 6.45) is 0.520. The van der Waals surface area contributed by atoms with Crippen molar-refractivity contribution in [1.29, 1.82) is 0 Å². The van der Waals surface area contributed by atoms with Crippen LogP contribution >= 0.6 is 0 Å². The van der Waals surface area contributed by atoms with E-state index in [0.29, 0.717) is 13.0 Å². The Hall–Kier alpha value is -1.13. The van der Waals surface area contributed by atoms with Crippen LogP contribution in [-0.4, -0.2) is 26.0 Å². The van der Waals surface area contributed by atoms with Crippen molar-refractivity contribution in [2.45, 2.75) is 51.2 Å². The van der Waals surface area contributed by atoms with E-state index in [-0.39, 0.29) is 5.04 Å². The number of carbonyl (C=O) groups is 1. The first-order valence-electron chi connectivity index (χ1n) is 7.07. The summed E-state index contributed by atoms with van der Waals surface area (Å²) >= 11 is 0. The van der Waals surface area contributed by atoms with Gasteiger partial charge in [0.05, 0.1) is 5.92 Å². The molecule has 0 spiro atoms. The molecule has 1 rings (SSSR count). The van der Waals surface area contributed by atoms with Gasteiger partial charge < -0.3 is 9.53 Å². The minimum absolute atomic E-state index is 0.151. The van der Waals surface area contributed by atoms with Crippen molar-refractivity contribution in [1.82, 2.24) is 0 Å². The smallest absolute Gasteiger partial charge is 0.311 e. The first-order chi connectivity index (χ1) is 9.15. The number of benzene rings is 1. The highest BCUT2D eigenvalue weighted by Crippen LogP contribution is 2.36. The Morgan fingerprint density at radius 2 is 1.80 bits per heavy atom. The predicted molar refractivity (Wildman–Crippen MR) is 84.6 cm³/mol. The Labute approximate surface area is 123 Å². The Bertz CT molecular complexity index is 435. The number of hydrogen-bond donors (Lipinski definition) is 1. The van der Waals surface area contributed by atoms with Crippen LogP contribution in [0.2, 0.25) is 18.1 Å². The van der Waals surface area contributed by atoms with E-state index in [9.17, 15) is 9.90 Å². The molecule has 0 aliphatic heterocycles. The highest BCUT2D eigenvalue weighted by atomic mass is 28.4. The molecule has 0 saturated heterocycles. The minimum Gasteiger partial charge on any atom is -0.481 e. The number of rotatable bonds is 6. The van der Waals surface area contributed by atoms with Gasteiger partial charge in [0, 0.05) is 6.61 Å². The van der Waals surface area contributed by atoms with Gasteiger partial charge in [0.2, 0.25) is 0 Å². The molecule has 1 atom stereocenters. The standard InChI is InChI=1S/C16H26O3Si/c1-16(2,3)20(4,5)19-12-11-14(15(17)18)13-9-7-6-8-10-13/h6-10,14H,11-12H2,1-5H3,(H,17,18). The average molecular weight is 294 g/mol. The van der Waals surface area contributed by atoms with Crippen LogP contribution in [0, 0.1) is 0 Å². The summed E-state index contributed by atoms with van der Waals surface area (Å²) in [6, 6.07) is 9.38. The highest BCUT2D eigenvalue weighted by molar-refractivity contribution is 6.74. The molecule has 0 fully saturated rings. The van der Waals surface area contributed by atoms with E-state index < -0.39 is 20.2 Å². The third-order valence-electron chi connectivity index (χ3n) is 4.18. The number of aliphatic carboxylic acids is 1. The minimum atomic E-state index is -1.80. The van der Waals surface area contributed by atoms with Crippen LogP contribution in [0.1, 0.15) is 38.7 Å². The van der Waals surface area contributed by atoms with Gasteiger partial charge in [0.25, 0.3) is 0 Å². The number of carboxylic acids is 1. The van der Waals surface area contributed by atoms with Crippen LogP contribution in [0.25, 0.3) is 0 Å². The molecule has 0 saturated carbocycles. The van der Waals surface area contributed by atoms with Gasteiger partial charge in [-0.2, -0.15) is 0 Å². The Kier molecular flexibility index (Phi) is 5.54. The van der Waals surface area contributed by atoms with Crippen molar-refractivity contribution in [2.24, 2.45) is 0 Å². The van der Waals surface area contributed by atoms with Crippen molar-refractivity contribution < 1.29 is 14.3 Å². The fourth-order valence-electron chi connectivity index (χ4n) is 1.77. The molecule has 1 unspecified atom stereocenters. The SMILES string of the molecule is CC(C)(C)[Si](C)(C)OCCC(C(=O)O)c1ccccc1. The van der Waals surface area contributed by atoms with Crippen LogP contribution in [0.15, 0.2) is 30.3 Å². The Morgan fingerprint density at radius 3 is 2.25 bits per heavy atom. The zero-order valence-corrected chi connectivity index (χ0v) is 14.1. The maximum Gasteiger partial charge on any atom is 0.311 e. The molecule has 0 aromatic heterocycles. The van der Waals surface area contributed by atoms with E-state index in [4.69, 9.17) is 4.43 Å². The molecular weight excluding hydrogens is 268 g/mol. The lowest BCUT2D eigenvalue weighted by molar-refractivity contribution is -0.139. The maximum atomic E-state index is 11.4. The van der Waals surface area contributed by atoms with Gasteiger partial charge >= 0.3 is 5.97 Å². The topological polar surface area (TPSA) is 46.5 Å². The largest absolute Gasteiger partial charge is 0.481 e. The number of carboxylic acid groups (broad SMARTS) is 1. The van der Waals surface area contributed by atoms with Crippen LogP contribution in [0.4, 0.5) is 0 Å². The van der Waals surface area contributed by atoms with Gasteiger partial charge in [-0.3, -0.25) is 4.79 Å². The summed E-state index contributed by atoms with van der Waals surface area (Å²) in [5, 5.41) is 9.52. The van der Waals surface area contributed by atoms with E-state index in [0.717, 1.165) is 5.56 Å². The first kappa shape index (κ1) is 16.9. The van der Waals surface area contributed by atoms with Crippen molar-refractivity contribution in [3.05, 3.63) is 35.9 Å². The van der Waals surface area contributed by atoms with E-state index in [1.807, 2.05) is 30.3 Å². The molecule has 0 aliphatic carbocycles. The van der Waals surface area contributed by atoms with Crippen LogP contribution < -0.4 is 0 Å². The third kappa shape index (κ3) is 4.46. The maximum absolute atomic E-state index is 11.4. The third-order valence-corrected chi connectivity index (χ3v) is 8.71. The lowest BCUT2D eigenvalue weighted by Gasteiger charge is -2.36. The molecule has 1 aromatic carbocycles. The lowest BCUT2D eigenvalue weighted by atomic mass is 9.96. The summed E-state index contributed by atoms with van der Waals surface area (Å²) in [5.74, 6) is -1.27. The Balaban J connectivity index is 2.65. The molecule has 112 valence electrons. The van der Waals surface area contributed by atoms with Gasteiger partial charge in [-0.05, 0) is 30.1 Å². The molecule has 1 aromatic rings. The number of hydrogen-bond acceptors (Lipinski definition) is 2. The molecule has 20 heavy (non-hydrogen) atoms. The second-order valence-electron chi connectivity index (χ2n) is 6.70. The summed E-state index contributed by atoms with van der Waals surface area (Å²) in [5.41, 5.74) is 0.846. The summed E-state index contributed by atoms with van der Waals surface area (Å²) in [4.78, 5) is 11.4. The molecule has 0 radical (unpaired) electrons. The normalized spacial score (nSPS) is 14.1. The van der Waals surface area contributed by atoms with Gasteiger partial charge in [-0.15, -0.1) is 0 Å². The van der Waals surface area contributed by atoms with Crippen LogP contribution in [0.3, 0.4) is 0 Å². The zero-order chi connectivity index (χ0) is 15.4. The molecule has 1 N–H and O–H groups in total. The summed E-state index contributed by atoms with van der Waals surface area (Å²) < 4.78 is 6.07. The zero-order valence-electron chi connectivity index (χ0n) is 13.1. The van der Waals surface area contributed by atoms with E-state index in [1.165, 1.54) is 0 Å². The van der Waals surface area contributed by atoms with Gasteiger partial charge in [0.1, 0.15) is 0 Å². The van der Waals surface area contributed by atoms with Crippen LogP contribution in [-0.2, 0) is 9.22 Å². The van der Waals surface area contributed by atoms with Crippen molar-refractivity contribution in [3.8, 4) is 0 Å². The quantitative estimate of drug-likeness (QED) is 0.797. The summed E-state index contributed by atoms with van der Waals surface area (Å²) in [7, 11) is -1.80. The van der Waals surface area contributed by atoms with Gasteiger partial charge in [-0.25, -0.2) is 0 Å². The van der Waals surface area contributed by atoms with E-state index in [2.05, 4.69) is 33.9 Å². The molecule has 0 bridgehead atoms. The van der Waals surface area contributed by atoms with Crippen molar-refractivity contribution in [2.75, 3.05) is 6.61 Å². The van der Waals surface area contributed by atoms with Gasteiger partial charge in [0.15, 0.2) is 8.32 Å². The first-order valence-corrected chi connectivity index (χ1v) is 9.98. The molecule has 0 amide bonds. The Morgan fingerprint density at radius 1 is 1.25 bits per heavy atom. The second kappa shape index (κ2) is 6.55. The van der Waals surface area contributed by atoms with E-state index in [1.54, 1.807) is 0 Å². The monoisotopic (exact) mass is 294 g/mol. The average Bonchev–Trinajstić information content (AvgIpc) is 2.34. The van der Waals surface area contributed by atoms with Crippen molar-refractivity contribution in [3.63, 3.8) is 0 Å². The van der Waals surface area contributed by atoms with E-state index >= 15 is 0 Å². The fourth-order valence-corrected chi connectivity index (χ4v) is 2.83. The molecule has 3 nitrogen and oxygen atoms in total. The summed E-state index contributed by atoms with van der Waals surface area (Å²) in [6.45, 7) is 11.4. The lowest BCUT2D eigenvalue weighted by Crippen LogP contribution is -2.41. The van der Waals surface area contributed by atoms with Gasteiger partial charge in [-0.1, -0.05) is 51.1 Å². The molecule has 0 aliphatic rings. The van der Waals surface area contributed by atoms with Crippen molar-refractivity contribution >= 4 is 14.3 Å². The molecule has 4 heteroatoms. The molecule has 0 heterocycles.